The molecule has 0 radical (unpaired) electrons. The highest BCUT2D eigenvalue weighted by Crippen LogP contribution is 2.30. The Morgan fingerprint density at radius 3 is 2.59 bits per heavy atom. The van der Waals surface area contributed by atoms with E-state index in [0.717, 1.165) is 35.5 Å². The number of piperidine rings is 1. The second kappa shape index (κ2) is 8.58. The molecule has 8 nitrogen and oxygen atoms in total. The van der Waals surface area contributed by atoms with E-state index in [-0.39, 0.29) is 5.91 Å². The van der Waals surface area contributed by atoms with E-state index in [1.165, 1.54) is 0 Å². The third-order valence-corrected chi connectivity index (χ3v) is 4.96. The van der Waals surface area contributed by atoms with Crippen LogP contribution in [0.4, 0.5) is 0 Å². The van der Waals surface area contributed by atoms with Gasteiger partial charge in [0, 0.05) is 45.0 Å². The van der Waals surface area contributed by atoms with Gasteiger partial charge in [-0.05, 0) is 26.7 Å². The van der Waals surface area contributed by atoms with Gasteiger partial charge < -0.3 is 18.9 Å². The van der Waals surface area contributed by atoms with Gasteiger partial charge in [0.25, 0.3) is 5.91 Å². The summed E-state index contributed by atoms with van der Waals surface area (Å²) in [4.78, 5) is 23.6. The fraction of sp³-hybridized carbons (Fsp3) is 0.579. The number of amides is 1. The molecule has 0 saturated carbocycles. The molecule has 1 amide bonds. The molecular formula is C19H26N4O4. The normalized spacial score (nSPS) is 15.3. The number of hydrogen-bond donors (Lipinski definition) is 0. The van der Waals surface area contributed by atoms with Crippen molar-refractivity contribution >= 4 is 5.91 Å². The Balaban J connectivity index is 1.71. The standard InChI is InChI=1S/C19H26N4O4/c1-12-16(11-26-4)18(22-27-12)19(24)23-7-5-14(6-8-23)17-15(10-25-3)9-20-13(2)21-17/h9,14H,5-8,10-11H2,1-4H3. The van der Waals surface area contributed by atoms with Gasteiger partial charge in [-0.1, -0.05) is 5.16 Å². The van der Waals surface area contributed by atoms with Crippen LogP contribution in [0.2, 0.25) is 0 Å². The van der Waals surface area contributed by atoms with Gasteiger partial charge in [-0.2, -0.15) is 0 Å². The lowest BCUT2D eigenvalue weighted by molar-refractivity contribution is 0.0696. The first-order valence-electron chi connectivity index (χ1n) is 9.09. The van der Waals surface area contributed by atoms with Gasteiger partial charge in [0.05, 0.1) is 24.5 Å². The van der Waals surface area contributed by atoms with Crippen molar-refractivity contribution in [2.75, 3.05) is 27.3 Å². The van der Waals surface area contributed by atoms with Crippen LogP contribution in [0.3, 0.4) is 0 Å². The number of methoxy groups -OCH3 is 2. The molecule has 0 unspecified atom stereocenters. The van der Waals surface area contributed by atoms with Crippen molar-refractivity contribution in [1.82, 2.24) is 20.0 Å². The molecule has 1 fully saturated rings. The van der Waals surface area contributed by atoms with E-state index in [1.54, 1.807) is 21.1 Å². The average Bonchev–Trinajstić information content (AvgIpc) is 3.04. The number of aryl methyl sites for hydroxylation is 2. The molecule has 146 valence electrons. The number of ether oxygens (including phenoxy) is 2. The SMILES string of the molecule is COCc1cnc(C)nc1C1CCN(C(=O)c2noc(C)c2COC)CC1. The molecule has 3 heterocycles. The van der Waals surface area contributed by atoms with E-state index in [2.05, 4.69) is 15.1 Å². The fourth-order valence-corrected chi connectivity index (χ4v) is 3.51. The third kappa shape index (κ3) is 4.17. The van der Waals surface area contributed by atoms with Crippen LogP contribution < -0.4 is 0 Å². The molecule has 0 aliphatic carbocycles. The summed E-state index contributed by atoms with van der Waals surface area (Å²) >= 11 is 0. The minimum Gasteiger partial charge on any atom is -0.380 e. The topological polar surface area (TPSA) is 90.6 Å². The maximum Gasteiger partial charge on any atom is 0.276 e. The van der Waals surface area contributed by atoms with Crippen molar-refractivity contribution in [2.24, 2.45) is 0 Å². The molecule has 0 N–H and O–H groups in total. The number of rotatable bonds is 6. The van der Waals surface area contributed by atoms with Crippen LogP contribution >= 0.6 is 0 Å². The zero-order chi connectivity index (χ0) is 19.4. The highest BCUT2D eigenvalue weighted by Gasteiger charge is 2.30. The minimum absolute atomic E-state index is 0.103. The maximum absolute atomic E-state index is 12.9. The highest BCUT2D eigenvalue weighted by atomic mass is 16.5. The summed E-state index contributed by atoms with van der Waals surface area (Å²) < 4.78 is 15.6. The van der Waals surface area contributed by atoms with Crippen molar-refractivity contribution in [1.29, 1.82) is 0 Å². The molecule has 1 aliphatic heterocycles. The first-order valence-corrected chi connectivity index (χ1v) is 9.09. The summed E-state index contributed by atoms with van der Waals surface area (Å²) in [7, 11) is 3.26. The van der Waals surface area contributed by atoms with E-state index in [9.17, 15) is 4.79 Å². The van der Waals surface area contributed by atoms with E-state index >= 15 is 0 Å². The lowest BCUT2D eigenvalue weighted by atomic mass is 9.90. The van der Waals surface area contributed by atoms with Crippen molar-refractivity contribution in [2.45, 2.75) is 45.8 Å². The molecule has 1 aliphatic rings. The van der Waals surface area contributed by atoms with Gasteiger partial charge in [0.2, 0.25) is 0 Å². The first kappa shape index (κ1) is 19.4. The van der Waals surface area contributed by atoms with Gasteiger partial charge in [0.1, 0.15) is 11.6 Å². The third-order valence-electron chi connectivity index (χ3n) is 4.96. The van der Waals surface area contributed by atoms with Crippen molar-refractivity contribution in [3.05, 3.63) is 40.3 Å². The van der Waals surface area contributed by atoms with E-state index in [4.69, 9.17) is 14.0 Å². The second-order valence-corrected chi connectivity index (χ2v) is 6.83. The number of hydrogen-bond acceptors (Lipinski definition) is 7. The predicted molar refractivity (Wildman–Crippen MR) is 97.3 cm³/mol. The average molecular weight is 374 g/mol. The summed E-state index contributed by atoms with van der Waals surface area (Å²) in [6.45, 7) is 5.79. The van der Waals surface area contributed by atoms with E-state index < -0.39 is 0 Å². The molecule has 0 atom stereocenters. The first-order chi connectivity index (χ1) is 13.0. The largest absolute Gasteiger partial charge is 0.380 e. The minimum atomic E-state index is -0.103. The molecule has 3 rings (SSSR count). The number of carbonyl (C=O) groups is 1. The highest BCUT2D eigenvalue weighted by molar-refractivity contribution is 5.93. The molecule has 0 aromatic carbocycles. The smallest absolute Gasteiger partial charge is 0.276 e. The summed E-state index contributed by atoms with van der Waals surface area (Å²) in [5.41, 5.74) is 3.13. The Hall–Kier alpha value is -2.32. The van der Waals surface area contributed by atoms with Crippen LogP contribution in [0.15, 0.2) is 10.7 Å². The quantitative estimate of drug-likeness (QED) is 0.767. The molecular weight excluding hydrogens is 348 g/mol. The Morgan fingerprint density at radius 1 is 1.22 bits per heavy atom. The zero-order valence-electron chi connectivity index (χ0n) is 16.3. The van der Waals surface area contributed by atoms with Crippen LogP contribution in [0.1, 0.15) is 57.7 Å². The molecule has 1 saturated heterocycles. The number of nitrogens with zero attached hydrogens (tertiary/aromatic N) is 4. The van der Waals surface area contributed by atoms with Gasteiger partial charge in [-0.25, -0.2) is 9.97 Å². The zero-order valence-corrected chi connectivity index (χ0v) is 16.3. The van der Waals surface area contributed by atoms with Crippen LogP contribution in [-0.4, -0.2) is 53.2 Å². The van der Waals surface area contributed by atoms with Crippen LogP contribution in [0, 0.1) is 13.8 Å². The van der Waals surface area contributed by atoms with Gasteiger partial charge in [-0.15, -0.1) is 0 Å². The Labute approximate surface area is 158 Å². The van der Waals surface area contributed by atoms with Crippen LogP contribution in [-0.2, 0) is 22.7 Å². The Bertz CT molecular complexity index is 797. The van der Waals surface area contributed by atoms with Crippen molar-refractivity contribution in [3.8, 4) is 0 Å². The number of carbonyl (C=O) groups excluding carboxylic acids is 1. The summed E-state index contributed by atoms with van der Waals surface area (Å²) in [5.74, 6) is 1.56. The summed E-state index contributed by atoms with van der Waals surface area (Å²) in [5, 5.41) is 3.95. The molecule has 27 heavy (non-hydrogen) atoms. The monoisotopic (exact) mass is 374 g/mol. The van der Waals surface area contributed by atoms with Crippen LogP contribution in [0.25, 0.3) is 0 Å². The molecule has 2 aromatic rings. The van der Waals surface area contributed by atoms with Gasteiger partial charge in [-0.3, -0.25) is 4.79 Å². The Kier molecular flexibility index (Phi) is 6.18. The van der Waals surface area contributed by atoms with Crippen molar-refractivity contribution in [3.63, 3.8) is 0 Å². The lowest BCUT2D eigenvalue weighted by Crippen LogP contribution is -2.38. The number of likely N-dealkylation sites (tertiary alicyclic amines) is 1. The lowest BCUT2D eigenvalue weighted by Gasteiger charge is -2.32. The molecule has 0 spiro atoms. The molecule has 0 bridgehead atoms. The second-order valence-electron chi connectivity index (χ2n) is 6.83. The molecule has 8 heteroatoms. The van der Waals surface area contributed by atoms with E-state index in [0.29, 0.717) is 43.7 Å². The van der Waals surface area contributed by atoms with Crippen molar-refractivity contribution < 1.29 is 18.8 Å². The predicted octanol–water partition coefficient (Wildman–Crippen LogP) is 2.39. The fourth-order valence-electron chi connectivity index (χ4n) is 3.51. The van der Waals surface area contributed by atoms with Crippen LogP contribution in [0.5, 0.6) is 0 Å². The summed E-state index contributed by atoms with van der Waals surface area (Å²) in [6, 6.07) is 0. The summed E-state index contributed by atoms with van der Waals surface area (Å²) in [6.07, 6.45) is 3.53. The van der Waals surface area contributed by atoms with E-state index in [1.807, 2.05) is 18.0 Å². The van der Waals surface area contributed by atoms with Gasteiger partial charge in [0.15, 0.2) is 5.69 Å². The van der Waals surface area contributed by atoms with Gasteiger partial charge >= 0.3 is 0 Å². The number of aromatic nitrogens is 3. The maximum atomic E-state index is 12.9. The molecule has 2 aromatic heterocycles. The Morgan fingerprint density at radius 2 is 1.93 bits per heavy atom.